The van der Waals surface area contributed by atoms with Gasteiger partial charge in [-0.15, -0.1) is 0 Å². The molecule has 1 unspecified atom stereocenters. The van der Waals surface area contributed by atoms with Crippen molar-refractivity contribution in [1.29, 1.82) is 0 Å². The van der Waals surface area contributed by atoms with Gasteiger partial charge in [-0.05, 0) is 13.3 Å². The molecule has 0 heterocycles. The molecule has 2 amide bonds. The fraction of sp³-hybridized carbons (Fsp3) is 0.800. The van der Waals surface area contributed by atoms with Gasteiger partial charge in [-0.25, -0.2) is 4.79 Å². The standard InChI is InChI=1S/C10H20N2O4/c1-4-8(2)12(7-9(14)15)10(16)11(3)5-6-13/h8,13H,4-7H2,1-3H3,(H,14,15). The zero-order valence-electron chi connectivity index (χ0n) is 10.0. The molecule has 6 heteroatoms. The van der Waals surface area contributed by atoms with Crippen molar-refractivity contribution < 1.29 is 19.8 Å². The first-order valence-corrected chi connectivity index (χ1v) is 5.28. The lowest BCUT2D eigenvalue weighted by Gasteiger charge is -2.31. The number of aliphatic hydroxyl groups excluding tert-OH is 1. The van der Waals surface area contributed by atoms with Crippen LogP contribution in [0.1, 0.15) is 20.3 Å². The molecule has 16 heavy (non-hydrogen) atoms. The maximum Gasteiger partial charge on any atom is 0.323 e. The molecule has 2 N–H and O–H groups in total. The smallest absolute Gasteiger partial charge is 0.323 e. The Bertz CT molecular complexity index is 245. The summed E-state index contributed by atoms with van der Waals surface area (Å²) in [5, 5.41) is 17.4. The summed E-state index contributed by atoms with van der Waals surface area (Å²) in [7, 11) is 1.54. The Hall–Kier alpha value is -1.30. The van der Waals surface area contributed by atoms with E-state index in [0.717, 1.165) is 0 Å². The van der Waals surface area contributed by atoms with Crippen molar-refractivity contribution in [3.8, 4) is 0 Å². The molecule has 0 radical (unpaired) electrons. The lowest BCUT2D eigenvalue weighted by Crippen LogP contribution is -2.48. The van der Waals surface area contributed by atoms with Gasteiger partial charge < -0.3 is 20.0 Å². The quantitative estimate of drug-likeness (QED) is 0.686. The van der Waals surface area contributed by atoms with Crippen LogP contribution in [-0.2, 0) is 4.79 Å². The topological polar surface area (TPSA) is 81.1 Å². The van der Waals surface area contributed by atoms with E-state index in [0.29, 0.717) is 6.42 Å². The zero-order valence-corrected chi connectivity index (χ0v) is 10.0. The summed E-state index contributed by atoms with van der Waals surface area (Å²) in [6.45, 7) is 3.44. The number of carboxylic acid groups (broad SMARTS) is 1. The number of hydrogen-bond donors (Lipinski definition) is 2. The number of hydrogen-bond acceptors (Lipinski definition) is 3. The number of nitrogens with zero attached hydrogens (tertiary/aromatic N) is 2. The Morgan fingerprint density at radius 3 is 2.31 bits per heavy atom. The molecule has 0 saturated carbocycles. The Balaban J connectivity index is 4.61. The fourth-order valence-electron chi connectivity index (χ4n) is 1.24. The Morgan fingerprint density at radius 2 is 1.94 bits per heavy atom. The summed E-state index contributed by atoms with van der Waals surface area (Å²) >= 11 is 0. The maximum absolute atomic E-state index is 11.8. The van der Waals surface area contributed by atoms with Crippen molar-refractivity contribution in [1.82, 2.24) is 9.80 Å². The van der Waals surface area contributed by atoms with Gasteiger partial charge in [0.1, 0.15) is 6.54 Å². The van der Waals surface area contributed by atoms with E-state index in [1.54, 1.807) is 6.92 Å². The monoisotopic (exact) mass is 232 g/mol. The minimum atomic E-state index is -1.04. The van der Waals surface area contributed by atoms with E-state index in [4.69, 9.17) is 10.2 Å². The third-order valence-corrected chi connectivity index (χ3v) is 2.44. The highest BCUT2D eigenvalue weighted by atomic mass is 16.4. The SMILES string of the molecule is CCC(C)N(CC(=O)O)C(=O)N(C)CCO. The third-order valence-electron chi connectivity index (χ3n) is 2.44. The highest BCUT2D eigenvalue weighted by molar-refractivity contribution is 5.80. The van der Waals surface area contributed by atoms with Gasteiger partial charge in [-0.3, -0.25) is 4.79 Å². The number of carbonyl (C=O) groups is 2. The lowest BCUT2D eigenvalue weighted by molar-refractivity contribution is -0.138. The summed E-state index contributed by atoms with van der Waals surface area (Å²) in [6, 6.07) is -0.504. The van der Waals surface area contributed by atoms with Crippen LogP contribution in [0.3, 0.4) is 0 Å². The van der Waals surface area contributed by atoms with Gasteiger partial charge in [0.25, 0.3) is 0 Å². The summed E-state index contributed by atoms with van der Waals surface area (Å²) in [5.74, 6) is -1.04. The minimum absolute atomic E-state index is 0.134. The molecule has 0 aliphatic carbocycles. The molecule has 0 rings (SSSR count). The van der Waals surface area contributed by atoms with E-state index in [1.807, 2.05) is 6.92 Å². The summed E-state index contributed by atoms with van der Waals surface area (Å²) in [6.07, 6.45) is 0.686. The van der Waals surface area contributed by atoms with Crippen LogP contribution >= 0.6 is 0 Å². The molecule has 0 aromatic heterocycles. The molecule has 0 spiro atoms. The van der Waals surface area contributed by atoms with Crippen LogP contribution < -0.4 is 0 Å². The van der Waals surface area contributed by atoms with Crippen molar-refractivity contribution >= 4 is 12.0 Å². The van der Waals surface area contributed by atoms with Crippen LogP contribution in [0.4, 0.5) is 4.79 Å². The first kappa shape index (κ1) is 14.7. The van der Waals surface area contributed by atoms with Crippen LogP contribution in [-0.4, -0.2) is 64.8 Å². The van der Waals surface area contributed by atoms with Gasteiger partial charge in [0.05, 0.1) is 6.61 Å². The largest absolute Gasteiger partial charge is 0.480 e. The lowest BCUT2D eigenvalue weighted by atomic mass is 10.2. The average Bonchev–Trinajstić information content (AvgIpc) is 2.24. The minimum Gasteiger partial charge on any atom is -0.480 e. The molecule has 6 nitrogen and oxygen atoms in total. The van der Waals surface area contributed by atoms with Gasteiger partial charge in [-0.2, -0.15) is 0 Å². The van der Waals surface area contributed by atoms with E-state index >= 15 is 0 Å². The number of carboxylic acids is 1. The molecular weight excluding hydrogens is 212 g/mol. The van der Waals surface area contributed by atoms with Crippen LogP contribution in [0.2, 0.25) is 0 Å². The van der Waals surface area contributed by atoms with Crippen molar-refractivity contribution in [3.63, 3.8) is 0 Å². The molecule has 0 aliphatic heterocycles. The van der Waals surface area contributed by atoms with Gasteiger partial charge in [0.15, 0.2) is 0 Å². The fourth-order valence-corrected chi connectivity index (χ4v) is 1.24. The number of carbonyl (C=O) groups excluding carboxylic acids is 1. The second kappa shape index (κ2) is 7.05. The Morgan fingerprint density at radius 1 is 1.38 bits per heavy atom. The molecular formula is C10H20N2O4. The highest BCUT2D eigenvalue weighted by Gasteiger charge is 2.23. The molecule has 94 valence electrons. The van der Waals surface area contributed by atoms with E-state index < -0.39 is 5.97 Å². The highest BCUT2D eigenvalue weighted by Crippen LogP contribution is 2.06. The predicted octanol–water partition coefficient (Wildman–Crippen LogP) is 0.216. The Labute approximate surface area is 95.5 Å². The van der Waals surface area contributed by atoms with E-state index in [-0.39, 0.29) is 31.8 Å². The summed E-state index contributed by atoms with van der Waals surface area (Å²) in [4.78, 5) is 25.1. The van der Waals surface area contributed by atoms with Gasteiger partial charge in [0, 0.05) is 19.6 Å². The van der Waals surface area contributed by atoms with Crippen LogP contribution in [0.5, 0.6) is 0 Å². The van der Waals surface area contributed by atoms with Crippen molar-refractivity contribution in [3.05, 3.63) is 0 Å². The van der Waals surface area contributed by atoms with Gasteiger partial charge in [0.2, 0.25) is 0 Å². The van der Waals surface area contributed by atoms with Crippen LogP contribution in [0.15, 0.2) is 0 Å². The van der Waals surface area contributed by atoms with E-state index in [2.05, 4.69) is 0 Å². The number of aliphatic carboxylic acids is 1. The summed E-state index contributed by atoms with van der Waals surface area (Å²) < 4.78 is 0. The molecule has 0 fully saturated rings. The normalized spacial score (nSPS) is 12.0. The first-order valence-electron chi connectivity index (χ1n) is 5.28. The second-order valence-electron chi connectivity index (χ2n) is 3.71. The van der Waals surface area contributed by atoms with Crippen molar-refractivity contribution in [2.45, 2.75) is 26.3 Å². The van der Waals surface area contributed by atoms with Crippen molar-refractivity contribution in [2.75, 3.05) is 26.7 Å². The molecule has 0 bridgehead atoms. The molecule has 0 saturated heterocycles. The molecule has 0 aromatic carbocycles. The Kier molecular flexibility index (Phi) is 6.48. The van der Waals surface area contributed by atoms with E-state index in [9.17, 15) is 9.59 Å². The number of rotatable bonds is 6. The van der Waals surface area contributed by atoms with E-state index in [1.165, 1.54) is 16.8 Å². The van der Waals surface area contributed by atoms with Gasteiger partial charge in [-0.1, -0.05) is 6.92 Å². The number of urea groups is 1. The third kappa shape index (κ3) is 4.48. The predicted molar refractivity (Wildman–Crippen MR) is 59.2 cm³/mol. The summed E-state index contributed by atoms with van der Waals surface area (Å²) in [5.41, 5.74) is 0. The maximum atomic E-state index is 11.8. The number of likely N-dealkylation sites (N-methyl/N-ethyl adjacent to an activating group) is 1. The van der Waals surface area contributed by atoms with Crippen LogP contribution in [0, 0.1) is 0 Å². The molecule has 1 atom stereocenters. The number of aliphatic hydroxyl groups is 1. The molecule has 0 aliphatic rings. The zero-order chi connectivity index (χ0) is 12.7. The van der Waals surface area contributed by atoms with Crippen LogP contribution in [0.25, 0.3) is 0 Å². The average molecular weight is 232 g/mol. The van der Waals surface area contributed by atoms with Crippen molar-refractivity contribution in [2.24, 2.45) is 0 Å². The first-order chi connectivity index (χ1) is 7.43. The molecule has 0 aromatic rings. The van der Waals surface area contributed by atoms with Gasteiger partial charge >= 0.3 is 12.0 Å². The number of amides is 2. The second-order valence-corrected chi connectivity index (χ2v) is 3.71.